The van der Waals surface area contributed by atoms with Crippen LogP contribution in [-0.4, -0.2) is 37.4 Å². The minimum Gasteiger partial charge on any atom is -0.319 e. The summed E-state index contributed by atoms with van der Waals surface area (Å²) in [6.45, 7) is 0. The van der Waals surface area contributed by atoms with E-state index in [0.717, 1.165) is 0 Å². The predicted molar refractivity (Wildman–Crippen MR) is 42.0 cm³/mol. The number of hydrogen-bond acceptors (Lipinski definition) is 1. The zero-order valence-corrected chi connectivity index (χ0v) is 9.18. The SMILES string of the molecule is COC(F)(F)C(F)(F)C(F)(F)C(F)CCC(F)(F)F. The van der Waals surface area contributed by atoms with Crippen molar-refractivity contribution in [1.29, 1.82) is 0 Å². The van der Waals surface area contributed by atoms with Crippen LogP contribution in [-0.2, 0) is 4.74 Å². The normalized spacial score (nSPS) is 16.6. The van der Waals surface area contributed by atoms with Gasteiger partial charge in [0, 0.05) is 13.5 Å². The molecule has 0 heterocycles. The van der Waals surface area contributed by atoms with E-state index in [9.17, 15) is 43.9 Å². The van der Waals surface area contributed by atoms with Crippen LogP contribution in [0.4, 0.5) is 43.9 Å². The van der Waals surface area contributed by atoms with E-state index in [2.05, 4.69) is 4.74 Å². The van der Waals surface area contributed by atoms with Gasteiger partial charge in [0.2, 0.25) is 0 Å². The number of alkyl halides is 10. The third-order valence-corrected chi connectivity index (χ3v) is 2.12. The van der Waals surface area contributed by atoms with E-state index < -0.39 is 43.1 Å². The molecule has 0 aliphatic carbocycles. The standard InChI is InChI=1S/C8H8F10O/c1-19-8(17,18)7(15,16)6(13,14)4(9)2-3-5(10,11)12/h4H,2-3H2,1H3. The molecule has 0 aromatic rings. The molecule has 0 spiro atoms. The average Bonchev–Trinajstić information content (AvgIpc) is 2.24. The van der Waals surface area contributed by atoms with Crippen LogP contribution < -0.4 is 0 Å². The first-order valence-corrected chi connectivity index (χ1v) is 4.58. The maximum absolute atomic E-state index is 12.8. The van der Waals surface area contributed by atoms with E-state index in [0.29, 0.717) is 0 Å². The first kappa shape index (κ1) is 18.3. The van der Waals surface area contributed by atoms with E-state index in [1.807, 2.05) is 0 Å². The summed E-state index contributed by atoms with van der Waals surface area (Å²) in [6, 6.07) is 0. The van der Waals surface area contributed by atoms with Crippen LogP contribution in [0.25, 0.3) is 0 Å². The maximum Gasteiger partial charge on any atom is 0.425 e. The molecule has 116 valence electrons. The molecular formula is C8H8F10O. The molecule has 0 rings (SSSR count). The Balaban J connectivity index is 5.04. The van der Waals surface area contributed by atoms with Gasteiger partial charge in [-0.05, 0) is 6.42 Å². The van der Waals surface area contributed by atoms with Crippen LogP contribution in [0.1, 0.15) is 12.8 Å². The fraction of sp³-hybridized carbons (Fsp3) is 1.00. The van der Waals surface area contributed by atoms with Crippen molar-refractivity contribution in [3.05, 3.63) is 0 Å². The largest absolute Gasteiger partial charge is 0.425 e. The number of methoxy groups -OCH3 is 1. The molecule has 0 bridgehead atoms. The van der Waals surface area contributed by atoms with Gasteiger partial charge in [0.05, 0.1) is 0 Å². The van der Waals surface area contributed by atoms with E-state index in [1.165, 1.54) is 0 Å². The van der Waals surface area contributed by atoms with Crippen LogP contribution in [0.5, 0.6) is 0 Å². The van der Waals surface area contributed by atoms with Gasteiger partial charge in [0.15, 0.2) is 6.17 Å². The van der Waals surface area contributed by atoms with Crippen molar-refractivity contribution in [3.8, 4) is 0 Å². The second-order valence-electron chi connectivity index (χ2n) is 3.54. The van der Waals surface area contributed by atoms with Crippen molar-refractivity contribution in [3.63, 3.8) is 0 Å². The van der Waals surface area contributed by atoms with Crippen LogP contribution >= 0.6 is 0 Å². The first-order chi connectivity index (χ1) is 8.19. The molecule has 0 radical (unpaired) electrons. The van der Waals surface area contributed by atoms with Gasteiger partial charge in [0.1, 0.15) is 0 Å². The van der Waals surface area contributed by atoms with E-state index in [4.69, 9.17) is 0 Å². The van der Waals surface area contributed by atoms with Crippen LogP contribution in [0.15, 0.2) is 0 Å². The fourth-order valence-electron chi connectivity index (χ4n) is 0.991. The van der Waals surface area contributed by atoms with Crippen molar-refractivity contribution >= 4 is 0 Å². The minimum absolute atomic E-state index is 0.0348. The second-order valence-corrected chi connectivity index (χ2v) is 3.54. The maximum atomic E-state index is 12.8. The smallest absolute Gasteiger partial charge is 0.319 e. The van der Waals surface area contributed by atoms with Crippen molar-refractivity contribution in [1.82, 2.24) is 0 Å². The van der Waals surface area contributed by atoms with Crippen LogP contribution in [0.3, 0.4) is 0 Å². The quantitative estimate of drug-likeness (QED) is 0.669. The Morgan fingerprint density at radius 2 is 1.32 bits per heavy atom. The lowest BCUT2D eigenvalue weighted by Crippen LogP contribution is -2.59. The number of ether oxygens (including phenoxy) is 1. The van der Waals surface area contributed by atoms with Gasteiger partial charge in [-0.25, -0.2) is 4.39 Å². The number of halogens is 10. The molecule has 0 aliphatic heterocycles. The molecule has 0 saturated carbocycles. The summed E-state index contributed by atoms with van der Waals surface area (Å²) in [7, 11) is -0.0348. The number of rotatable bonds is 6. The van der Waals surface area contributed by atoms with Crippen molar-refractivity contribution in [2.45, 2.75) is 43.1 Å². The molecule has 0 aliphatic rings. The van der Waals surface area contributed by atoms with Crippen LogP contribution in [0.2, 0.25) is 0 Å². The van der Waals surface area contributed by atoms with E-state index in [1.54, 1.807) is 0 Å². The zero-order chi connectivity index (χ0) is 15.7. The van der Waals surface area contributed by atoms with Crippen molar-refractivity contribution in [2.75, 3.05) is 7.11 Å². The van der Waals surface area contributed by atoms with Gasteiger partial charge in [-0.15, -0.1) is 0 Å². The van der Waals surface area contributed by atoms with Gasteiger partial charge in [-0.1, -0.05) is 0 Å². The summed E-state index contributed by atoms with van der Waals surface area (Å²) < 4.78 is 126. The Morgan fingerprint density at radius 1 is 0.895 bits per heavy atom. The molecule has 0 saturated heterocycles. The fourth-order valence-corrected chi connectivity index (χ4v) is 0.991. The second kappa shape index (κ2) is 5.33. The molecule has 1 nitrogen and oxygen atoms in total. The van der Waals surface area contributed by atoms with Gasteiger partial charge in [-0.2, -0.15) is 39.5 Å². The molecule has 11 heteroatoms. The Bertz CT molecular complexity index is 296. The Hall–Kier alpha value is -0.740. The molecule has 1 unspecified atom stereocenters. The zero-order valence-electron chi connectivity index (χ0n) is 9.18. The van der Waals surface area contributed by atoms with Gasteiger partial charge in [0.25, 0.3) is 0 Å². The highest BCUT2D eigenvalue weighted by molar-refractivity contribution is 4.96. The van der Waals surface area contributed by atoms with Crippen LogP contribution in [0, 0.1) is 0 Å². The average molecular weight is 310 g/mol. The summed E-state index contributed by atoms with van der Waals surface area (Å²) in [6.07, 6.45) is -19.1. The third kappa shape index (κ3) is 3.86. The van der Waals surface area contributed by atoms with Gasteiger partial charge < -0.3 is 4.74 Å². The Kier molecular flexibility index (Phi) is 5.12. The summed E-state index contributed by atoms with van der Waals surface area (Å²) in [4.78, 5) is 0. The Morgan fingerprint density at radius 3 is 1.63 bits per heavy atom. The van der Waals surface area contributed by atoms with E-state index in [-0.39, 0.29) is 7.11 Å². The summed E-state index contributed by atoms with van der Waals surface area (Å²) in [5, 5.41) is 0. The molecule has 0 N–H and O–H groups in total. The lowest BCUT2D eigenvalue weighted by molar-refractivity contribution is -0.400. The predicted octanol–water partition coefficient (Wildman–Crippen LogP) is 4.18. The molecular weight excluding hydrogens is 302 g/mol. The molecule has 0 amide bonds. The van der Waals surface area contributed by atoms with Gasteiger partial charge in [-0.3, -0.25) is 0 Å². The summed E-state index contributed by atoms with van der Waals surface area (Å²) >= 11 is 0. The lowest BCUT2D eigenvalue weighted by atomic mass is 10.0. The molecule has 0 aromatic carbocycles. The first-order valence-electron chi connectivity index (χ1n) is 4.58. The topological polar surface area (TPSA) is 9.23 Å². The number of hydrogen-bond donors (Lipinski definition) is 0. The highest BCUT2D eigenvalue weighted by Gasteiger charge is 2.75. The summed E-state index contributed by atoms with van der Waals surface area (Å²) in [5.41, 5.74) is 0. The summed E-state index contributed by atoms with van der Waals surface area (Å²) in [5.74, 6) is -12.3. The highest BCUT2D eigenvalue weighted by atomic mass is 19.4. The van der Waals surface area contributed by atoms with Gasteiger partial charge >= 0.3 is 24.1 Å². The molecule has 0 aromatic heterocycles. The lowest BCUT2D eigenvalue weighted by Gasteiger charge is -2.33. The van der Waals surface area contributed by atoms with Crippen molar-refractivity contribution < 1.29 is 48.6 Å². The van der Waals surface area contributed by atoms with Crippen molar-refractivity contribution in [2.24, 2.45) is 0 Å². The highest BCUT2D eigenvalue weighted by Crippen LogP contribution is 2.49. The van der Waals surface area contributed by atoms with E-state index >= 15 is 0 Å². The third-order valence-electron chi connectivity index (χ3n) is 2.12. The molecule has 0 fully saturated rings. The molecule has 19 heavy (non-hydrogen) atoms. The monoisotopic (exact) mass is 310 g/mol. The Labute approximate surface area is 100 Å². The minimum atomic E-state index is -6.29. The molecule has 1 atom stereocenters.